The van der Waals surface area contributed by atoms with Crippen LogP contribution in [0.2, 0.25) is 5.02 Å². The van der Waals surface area contributed by atoms with Gasteiger partial charge in [-0.3, -0.25) is 4.79 Å². The van der Waals surface area contributed by atoms with Gasteiger partial charge in [0.2, 0.25) is 5.91 Å². The predicted molar refractivity (Wildman–Crippen MR) is 87.4 cm³/mol. The van der Waals surface area contributed by atoms with Crippen LogP contribution in [0, 0.1) is 12.8 Å². The first-order chi connectivity index (χ1) is 10.0. The van der Waals surface area contributed by atoms with Gasteiger partial charge in [-0.1, -0.05) is 61.0 Å². The van der Waals surface area contributed by atoms with Gasteiger partial charge in [-0.25, -0.2) is 0 Å². The van der Waals surface area contributed by atoms with Crippen LogP contribution >= 0.6 is 11.6 Å². The summed E-state index contributed by atoms with van der Waals surface area (Å²) in [6.45, 7) is 3.72. The Morgan fingerprint density at radius 2 is 1.81 bits per heavy atom. The maximum absolute atomic E-state index is 12.4. The van der Waals surface area contributed by atoms with Crippen molar-refractivity contribution in [2.75, 3.05) is 5.32 Å². The van der Waals surface area contributed by atoms with Gasteiger partial charge in [-0.15, -0.1) is 0 Å². The highest BCUT2D eigenvalue weighted by Gasteiger charge is 2.23. The molecule has 2 unspecified atom stereocenters. The molecule has 0 aliphatic carbocycles. The van der Waals surface area contributed by atoms with Crippen molar-refractivity contribution in [2.45, 2.75) is 19.9 Å². The van der Waals surface area contributed by atoms with E-state index in [1.165, 1.54) is 0 Å². The smallest absolute Gasteiger partial charge is 0.229 e. The van der Waals surface area contributed by atoms with Gasteiger partial charge in [0, 0.05) is 6.04 Å². The first-order valence-electron chi connectivity index (χ1n) is 6.87. The third-order valence-corrected chi connectivity index (χ3v) is 3.92. The van der Waals surface area contributed by atoms with Crippen LogP contribution in [0.25, 0.3) is 0 Å². The van der Waals surface area contributed by atoms with E-state index in [0.29, 0.717) is 10.7 Å². The van der Waals surface area contributed by atoms with E-state index in [9.17, 15) is 4.79 Å². The van der Waals surface area contributed by atoms with E-state index in [1.54, 1.807) is 6.07 Å². The van der Waals surface area contributed by atoms with Crippen molar-refractivity contribution in [3.8, 4) is 0 Å². The summed E-state index contributed by atoms with van der Waals surface area (Å²) >= 11 is 6.13. The Bertz CT molecular complexity index is 608. The number of amides is 1. The first kappa shape index (κ1) is 15.5. The molecule has 0 saturated heterocycles. The van der Waals surface area contributed by atoms with Crippen molar-refractivity contribution < 1.29 is 4.79 Å². The number of hydrogen-bond donors (Lipinski definition) is 2. The third-order valence-electron chi connectivity index (χ3n) is 3.61. The minimum atomic E-state index is -0.358. The van der Waals surface area contributed by atoms with E-state index in [0.717, 1.165) is 11.1 Å². The van der Waals surface area contributed by atoms with Crippen molar-refractivity contribution in [3.05, 3.63) is 64.7 Å². The number of benzene rings is 2. The number of carbonyl (C=O) groups is 1. The van der Waals surface area contributed by atoms with Gasteiger partial charge in [0.25, 0.3) is 0 Å². The van der Waals surface area contributed by atoms with E-state index in [2.05, 4.69) is 5.32 Å². The van der Waals surface area contributed by atoms with Gasteiger partial charge >= 0.3 is 0 Å². The first-order valence-corrected chi connectivity index (χ1v) is 7.25. The zero-order valence-electron chi connectivity index (χ0n) is 12.1. The van der Waals surface area contributed by atoms with Crippen LogP contribution in [-0.4, -0.2) is 5.91 Å². The SMILES string of the molecule is Cc1cccc(Cl)c1NC(=O)C(C)C(N)c1ccccc1. The second kappa shape index (κ2) is 6.74. The molecule has 2 rings (SSSR count). The minimum Gasteiger partial charge on any atom is -0.324 e. The highest BCUT2D eigenvalue weighted by atomic mass is 35.5. The molecular weight excluding hydrogens is 284 g/mol. The van der Waals surface area contributed by atoms with Crippen molar-refractivity contribution in [3.63, 3.8) is 0 Å². The summed E-state index contributed by atoms with van der Waals surface area (Å²) in [4.78, 5) is 12.4. The second-order valence-corrected chi connectivity index (χ2v) is 5.55. The number of nitrogens with one attached hydrogen (secondary N) is 1. The molecular formula is C17H19ClN2O. The lowest BCUT2D eigenvalue weighted by atomic mass is 9.94. The van der Waals surface area contributed by atoms with E-state index < -0.39 is 0 Å². The van der Waals surface area contributed by atoms with Gasteiger partial charge in [-0.05, 0) is 24.1 Å². The molecule has 0 fully saturated rings. The van der Waals surface area contributed by atoms with Crippen LogP contribution in [0.3, 0.4) is 0 Å². The summed E-state index contributed by atoms with van der Waals surface area (Å²) in [5.74, 6) is -0.495. The van der Waals surface area contributed by atoms with Gasteiger partial charge in [0.05, 0.1) is 16.6 Å². The number of rotatable bonds is 4. The molecule has 3 nitrogen and oxygen atoms in total. The van der Waals surface area contributed by atoms with Crippen molar-refractivity contribution in [2.24, 2.45) is 11.7 Å². The standard InChI is InChI=1S/C17H19ClN2O/c1-11-7-6-10-14(18)16(11)20-17(21)12(2)15(19)13-8-4-3-5-9-13/h3-10,12,15H,19H2,1-2H3,(H,20,21). The number of para-hydroxylation sites is 1. The maximum Gasteiger partial charge on any atom is 0.229 e. The molecule has 0 spiro atoms. The van der Waals surface area contributed by atoms with Gasteiger partial charge in [0.1, 0.15) is 0 Å². The molecule has 3 N–H and O–H groups in total. The van der Waals surface area contributed by atoms with Gasteiger partial charge < -0.3 is 11.1 Å². The van der Waals surface area contributed by atoms with Crippen molar-refractivity contribution in [1.82, 2.24) is 0 Å². The van der Waals surface area contributed by atoms with Crippen LogP contribution in [0.5, 0.6) is 0 Å². The summed E-state index contributed by atoms with van der Waals surface area (Å²) in [6.07, 6.45) is 0. The Morgan fingerprint density at radius 3 is 2.43 bits per heavy atom. The molecule has 21 heavy (non-hydrogen) atoms. The molecule has 4 heteroatoms. The van der Waals surface area contributed by atoms with Crippen molar-refractivity contribution >= 4 is 23.2 Å². The number of carbonyl (C=O) groups excluding carboxylic acids is 1. The largest absolute Gasteiger partial charge is 0.324 e. The summed E-state index contributed by atoms with van der Waals surface area (Å²) in [6, 6.07) is 14.8. The number of halogens is 1. The zero-order valence-corrected chi connectivity index (χ0v) is 12.9. The Hall–Kier alpha value is -1.84. The van der Waals surface area contributed by atoms with Crippen LogP contribution < -0.4 is 11.1 Å². The Balaban J connectivity index is 2.13. The fraction of sp³-hybridized carbons (Fsp3) is 0.235. The maximum atomic E-state index is 12.4. The topological polar surface area (TPSA) is 55.1 Å². The second-order valence-electron chi connectivity index (χ2n) is 5.15. The van der Waals surface area contributed by atoms with E-state index in [1.807, 2.05) is 56.3 Å². The quantitative estimate of drug-likeness (QED) is 0.899. The molecule has 0 saturated carbocycles. The lowest BCUT2D eigenvalue weighted by molar-refractivity contribution is -0.120. The summed E-state index contributed by atoms with van der Waals surface area (Å²) in [5, 5.41) is 3.41. The summed E-state index contributed by atoms with van der Waals surface area (Å²) in [5.41, 5.74) is 8.69. The summed E-state index contributed by atoms with van der Waals surface area (Å²) < 4.78 is 0. The number of hydrogen-bond acceptors (Lipinski definition) is 2. The number of nitrogens with two attached hydrogens (primary N) is 1. The van der Waals surface area contributed by atoms with Gasteiger partial charge in [0.15, 0.2) is 0 Å². The highest BCUT2D eigenvalue weighted by molar-refractivity contribution is 6.33. The molecule has 2 aromatic rings. The Labute approximate surface area is 130 Å². The normalized spacial score (nSPS) is 13.5. The fourth-order valence-corrected chi connectivity index (χ4v) is 2.42. The van der Waals surface area contributed by atoms with Gasteiger partial charge in [-0.2, -0.15) is 0 Å². The molecule has 2 atom stereocenters. The molecule has 0 aliphatic rings. The lowest BCUT2D eigenvalue weighted by Gasteiger charge is -2.20. The van der Waals surface area contributed by atoms with E-state index in [-0.39, 0.29) is 17.9 Å². The molecule has 0 aromatic heterocycles. The molecule has 110 valence electrons. The third kappa shape index (κ3) is 3.63. The van der Waals surface area contributed by atoms with Crippen molar-refractivity contribution in [1.29, 1.82) is 0 Å². The monoisotopic (exact) mass is 302 g/mol. The van der Waals surface area contributed by atoms with Crippen LogP contribution in [-0.2, 0) is 4.79 Å². The Kier molecular flexibility index (Phi) is 4.99. The molecule has 0 radical (unpaired) electrons. The molecule has 0 heterocycles. The number of aryl methyl sites for hydroxylation is 1. The fourth-order valence-electron chi connectivity index (χ4n) is 2.15. The summed E-state index contributed by atoms with van der Waals surface area (Å²) in [7, 11) is 0. The molecule has 2 aromatic carbocycles. The highest BCUT2D eigenvalue weighted by Crippen LogP contribution is 2.27. The zero-order chi connectivity index (χ0) is 15.4. The molecule has 0 bridgehead atoms. The Morgan fingerprint density at radius 1 is 1.14 bits per heavy atom. The minimum absolute atomic E-state index is 0.137. The van der Waals surface area contributed by atoms with E-state index >= 15 is 0 Å². The van der Waals surface area contributed by atoms with Crippen LogP contribution in [0.15, 0.2) is 48.5 Å². The van der Waals surface area contributed by atoms with Crippen LogP contribution in [0.4, 0.5) is 5.69 Å². The van der Waals surface area contributed by atoms with E-state index in [4.69, 9.17) is 17.3 Å². The number of anilines is 1. The average molecular weight is 303 g/mol. The molecule has 1 amide bonds. The lowest BCUT2D eigenvalue weighted by Crippen LogP contribution is -2.30. The average Bonchev–Trinajstić information content (AvgIpc) is 2.50. The molecule has 0 aliphatic heterocycles. The van der Waals surface area contributed by atoms with Crippen LogP contribution in [0.1, 0.15) is 24.1 Å². The predicted octanol–water partition coefficient (Wildman–Crippen LogP) is 3.92.